The highest BCUT2D eigenvalue weighted by molar-refractivity contribution is 7.99. The number of fused-ring (bicyclic) bond motifs is 3. The highest BCUT2D eigenvalue weighted by Gasteiger charge is 2.14. The van der Waals surface area contributed by atoms with E-state index >= 15 is 0 Å². The van der Waals surface area contributed by atoms with Crippen molar-refractivity contribution in [3.8, 4) is 0 Å². The highest BCUT2D eigenvalue weighted by atomic mass is 32.2. The first-order chi connectivity index (χ1) is 12.7. The number of rotatable bonds is 6. The maximum atomic E-state index is 10.7. The summed E-state index contributed by atoms with van der Waals surface area (Å²) in [6.45, 7) is 0.747. The first-order valence-corrected chi connectivity index (χ1v) is 9.19. The number of hydrogen-bond donors (Lipinski definition) is 0. The molecule has 26 heavy (non-hydrogen) atoms. The molecule has 0 saturated carbocycles. The van der Waals surface area contributed by atoms with Crippen LogP contribution in [0.5, 0.6) is 0 Å². The van der Waals surface area contributed by atoms with Crippen molar-refractivity contribution in [2.75, 3.05) is 5.75 Å². The van der Waals surface area contributed by atoms with Crippen molar-refractivity contribution in [3.63, 3.8) is 0 Å². The van der Waals surface area contributed by atoms with E-state index in [4.69, 9.17) is 0 Å². The molecule has 0 N–H and O–H groups in total. The smallest absolute Gasteiger partial charge is 0.211 e. The van der Waals surface area contributed by atoms with Crippen molar-refractivity contribution < 1.29 is 9.90 Å². The first kappa shape index (κ1) is 16.5. The SMILES string of the molecule is O=C([O-])CSc1nnc2c3ccccc3n(CCc3ccccc3)c2n1. The summed E-state index contributed by atoms with van der Waals surface area (Å²) in [5, 5.41) is 20.4. The quantitative estimate of drug-likeness (QED) is 0.488. The minimum absolute atomic E-state index is 0.197. The second-order valence-electron chi connectivity index (χ2n) is 5.83. The van der Waals surface area contributed by atoms with Gasteiger partial charge in [0.05, 0.1) is 11.5 Å². The van der Waals surface area contributed by atoms with Gasteiger partial charge < -0.3 is 14.5 Å². The summed E-state index contributed by atoms with van der Waals surface area (Å²) in [7, 11) is 0. The Bertz CT molecular complexity index is 1080. The minimum Gasteiger partial charge on any atom is -0.549 e. The molecule has 0 spiro atoms. The number of benzene rings is 2. The van der Waals surface area contributed by atoms with Crippen molar-refractivity contribution >= 4 is 39.8 Å². The van der Waals surface area contributed by atoms with E-state index in [-0.39, 0.29) is 5.75 Å². The normalized spacial score (nSPS) is 11.2. The van der Waals surface area contributed by atoms with Crippen LogP contribution in [0.3, 0.4) is 0 Å². The summed E-state index contributed by atoms with van der Waals surface area (Å²) in [5.41, 5.74) is 3.73. The number of hydrogen-bond acceptors (Lipinski definition) is 6. The van der Waals surface area contributed by atoms with Crippen LogP contribution in [0, 0.1) is 0 Å². The van der Waals surface area contributed by atoms with Crippen molar-refractivity contribution in [1.82, 2.24) is 19.7 Å². The topological polar surface area (TPSA) is 83.7 Å². The Balaban J connectivity index is 1.76. The van der Waals surface area contributed by atoms with Crippen molar-refractivity contribution in [2.45, 2.75) is 18.1 Å². The van der Waals surface area contributed by atoms with Gasteiger partial charge in [-0.1, -0.05) is 60.3 Å². The molecule has 0 unspecified atom stereocenters. The van der Waals surface area contributed by atoms with Gasteiger partial charge in [0.2, 0.25) is 5.16 Å². The number of carboxylic acids is 1. The van der Waals surface area contributed by atoms with Crippen LogP contribution < -0.4 is 5.11 Å². The van der Waals surface area contributed by atoms with Crippen LogP contribution in [0.25, 0.3) is 22.1 Å². The van der Waals surface area contributed by atoms with Crippen LogP contribution in [0.2, 0.25) is 0 Å². The van der Waals surface area contributed by atoms with Crippen LogP contribution >= 0.6 is 11.8 Å². The Kier molecular flexibility index (Phi) is 4.53. The van der Waals surface area contributed by atoms with Gasteiger partial charge in [-0.15, -0.1) is 10.2 Å². The zero-order valence-corrected chi connectivity index (χ0v) is 14.6. The monoisotopic (exact) mass is 363 g/mol. The fraction of sp³-hybridized carbons (Fsp3) is 0.158. The second-order valence-corrected chi connectivity index (χ2v) is 6.77. The molecule has 2 aromatic heterocycles. The lowest BCUT2D eigenvalue weighted by Crippen LogP contribution is -2.24. The maximum Gasteiger partial charge on any atom is 0.211 e. The number of carboxylic acid groups (broad SMARTS) is 1. The van der Waals surface area contributed by atoms with Crippen LogP contribution in [0.1, 0.15) is 5.56 Å². The molecular weight excluding hydrogens is 348 g/mol. The molecule has 7 heteroatoms. The Hall–Kier alpha value is -2.93. The molecule has 2 heterocycles. The average molecular weight is 363 g/mol. The molecule has 0 fully saturated rings. The largest absolute Gasteiger partial charge is 0.549 e. The van der Waals surface area contributed by atoms with E-state index < -0.39 is 5.97 Å². The molecule has 4 aromatic rings. The van der Waals surface area contributed by atoms with Crippen LogP contribution in [0.15, 0.2) is 59.8 Å². The molecule has 130 valence electrons. The fourth-order valence-electron chi connectivity index (χ4n) is 2.99. The number of carbonyl (C=O) groups excluding carboxylic acids is 1. The molecule has 0 aliphatic rings. The second kappa shape index (κ2) is 7.13. The maximum absolute atomic E-state index is 10.7. The summed E-state index contributed by atoms with van der Waals surface area (Å²) in [6, 6.07) is 18.2. The van der Waals surface area contributed by atoms with E-state index in [0.29, 0.717) is 5.16 Å². The van der Waals surface area contributed by atoms with E-state index in [9.17, 15) is 9.90 Å². The number of aryl methyl sites for hydroxylation is 2. The number of thioether (sulfide) groups is 1. The number of aliphatic carboxylic acids is 1. The van der Waals surface area contributed by atoms with Gasteiger partial charge in [0, 0.05) is 17.7 Å². The van der Waals surface area contributed by atoms with E-state index in [1.54, 1.807) is 0 Å². The zero-order chi connectivity index (χ0) is 17.9. The number of aromatic nitrogens is 4. The van der Waals surface area contributed by atoms with Crippen LogP contribution in [-0.2, 0) is 17.8 Å². The molecule has 0 saturated heterocycles. The molecule has 4 rings (SSSR count). The van der Waals surface area contributed by atoms with Crippen molar-refractivity contribution in [1.29, 1.82) is 0 Å². The molecule has 0 aliphatic heterocycles. The van der Waals surface area contributed by atoms with Crippen LogP contribution in [-0.4, -0.2) is 31.5 Å². The lowest BCUT2D eigenvalue weighted by molar-refractivity contribution is -0.301. The molecular formula is C19H15N4O2S-. The Labute approximate surface area is 153 Å². The van der Waals surface area contributed by atoms with Gasteiger partial charge in [-0.25, -0.2) is 4.98 Å². The van der Waals surface area contributed by atoms with Crippen molar-refractivity contribution in [2.24, 2.45) is 0 Å². The number of nitrogens with zero attached hydrogens (tertiary/aromatic N) is 4. The number of carbonyl (C=O) groups is 1. The van der Waals surface area contributed by atoms with E-state index in [1.165, 1.54) is 5.56 Å². The average Bonchev–Trinajstić information content (AvgIpc) is 2.98. The molecule has 2 aromatic carbocycles. The van der Waals surface area contributed by atoms with Gasteiger partial charge in [-0.05, 0) is 18.1 Å². The predicted octanol–water partition coefficient (Wildman–Crippen LogP) is 2.06. The summed E-state index contributed by atoms with van der Waals surface area (Å²) in [5.74, 6) is -1.35. The van der Waals surface area contributed by atoms with Gasteiger partial charge in [0.25, 0.3) is 0 Å². The summed E-state index contributed by atoms with van der Waals surface area (Å²) in [6.07, 6.45) is 0.861. The van der Waals surface area contributed by atoms with Gasteiger partial charge in [-0.3, -0.25) is 0 Å². The Morgan fingerprint density at radius 3 is 2.62 bits per heavy atom. The Morgan fingerprint density at radius 1 is 1.04 bits per heavy atom. The predicted molar refractivity (Wildman–Crippen MR) is 98.7 cm³/mol. The van der Waals surface area contributed by atoms with E-state index in [2.05, 4.69) is 31.9 Å². The molecule has 0 radical (unpaired) electrons. The van der Waals surface area contributed by atoms with Gasteiger partial charge in [0.1, 0.15) is 5.52 Å². The molecule has 6 nitrogen and oxygen atoms in total. The minimum atomic E-state index is -1.15. The van der Waals surface area contributed by atoms with Gasteiger partial charge in [-0.2, -0.15) is 0 Å². The third-order valence-electron chi connectivity index (χ3n) is 4.14. The lowest BCUT2D eigenvalue weighted by atomic mass is 10.1. The fourth-order valence-corrected chi connectivity index (χ4v) is 3.48. The summed E-state index contributed by atoms with van der Waals surface area (Å²) >= 11 is 1.02. The van der Waals surface area contributed by atoms with E-state index in [1.807, 2.05) is 42.5 Å². The molecule has 0 aliphatic carbocycles. The molecule has 0 amide bonds. The van der Waals surface area contributed by atoms with Gasteiger partial charge >= 0.3 is 0 Å². The lowest BCUT2D eigenvalue weighted by Gasteiger charge is -2.07. The molecule has 0 atom stereocenters. The molecule has 0 bridgehead atoms. The van der Waals surface area contributed by atoms with Crippen molar-refractivity contribution in [3.05, 3.63) is 60.2 Å². The van der Waals surface area contributed by atoms with E-state index in [0.717, 1.165) is 46.8 Å². The third-order valence-corrected chi connectivity index (χ3v) is 4.95. The number of para-hydroxylation sites is 1. The zero-order valence-electron chi connectivity index (χ0n) is 13.8. The third kappa shape index (κ3) is 3.25. The summed E-state index contributed by atoms with van der Waals surface area (Å²) in [4.78, 5) is 15.2. The first-order valence-electron chi connectivity index (χ1n) is 8.20. The summed E-state index contributed by atoms with van der Waals surface area (Å²) < 4.78 is 2.12. The Morgan fingerprint density at radius 2 is 1.81 bits per heavy atom. The highest BCUT2D eigenvalue weighted by Crippen LogP contribution is 2.27. The van der Waals surface area contributed by atoms with Gasteiger partial charge in [0.15, 0.2) is 5.65 Å². The standard InChI is InChI=1S/C19H16N4O2S/c24-16(25)12-26-19-20-18-17(21-22-19)14-8-4-5-9-15(14)23(18)11-10-13-6-2-1-3-7-13/h1-9H,10-12H2,(H,24,25)/p-1. The van der Waals surface area contributed by atoms with Crippen LogP contribution in [0.4, 0.5) is 0 Å².